The van der Waals surface area contributed by atoms with Gasteiger partial charge in [0.15, 0.2) is 0 Å². The number of piperidine rings is 1. The number of para-hydroxylation sites is 1. The number of nitrogens with zero attached hydrogens (tertiary/aromatic N) is 2. The van der Waals surface area contributed by atoms with Gasteiger partial charge < -0.3 is 15.0 Å². The molecule has 4 rings (SSSR count). The fourth-order valence-electron chi connectivity index (χ4n) is 4.48. The first-order valence-corrected chi connectivity index (χ1v) is 11.4. The lowest BCUT2D eigenvalue weighted by Gasteiger charge is -2.36. The van der Waals surface area contributed by atoms with Crippen LogP contribution in [0.1, 0.15) is 34.5 Å². The summed E-state index contributed by atoms with van der Waals surface area (Å²) < 4.78 is 5.99. The Morgan fingerprint density at radius 1 is 1.18 bits per heavy atom. The number of aryl methyl sites for hydroxylation is 1. The lowest BCUT2D eigenvalue weighted by atomic mass is 9.88. The summed E-state index contributed by atoms with van der Waals surface area (Å²) in [6.45, 7) is 3.86. The molecule has 8 heteroatoms. The van der Waals surface area contributed by atoms with E-state index in [2.05, 4.69) is 15.2 Å². The smallest absolute Gasteiger partial charge is 0.251 e. The fraction of sp³-hybridized carbons (Fsp3) is 0.346. The van der Waals surface area contributed by atoms with Crippen LogP contribution in [0.5, 0.6) is 5.75 Å². The van der Waals surface area contributed by atoms with E-state index in [0.717, 1.165) is 35.1 Å². The van der Waals surface area contributed by atoms with Crippen LogP contribution in [0.3, 0.4) is 0 Å². The van der Waals surface area contributed by atoms with Gasteiger partial charge in [0.1, 0.15) is 12.4 Å². The number of carbonyl (C=O) groups is 2. The summed E-state index contributed by atoms with van der Waals surface area (Å²) >= 11 is 0. The second-order valence-electron chi connectivity index (χ2n) is 8.88. The van der Waals surface area contributed by atoms with Gasteiger partial charge in [-0.15, -0.1) is 0 Å². The molecule has 1 aliphatic heterocycles. The number of nitrogens with one attached hydrogen (secondary N) is 2. The number of amides is 2. The molecule has 2 amide bonds. The highest BCUT2D eigenvalue weighted by Crippen LogP contribution is 2.23. The average Bonchev–Trinajstić information content (AvgIpc) is 2.84. The summed E-state index contributed by atoms with van der Waals surface area (Å²) in [6.07, 6.45) is 0.941. The lowest BCUT2D eigenvalue weighted by Crippen LogP contribution is -2.52. The van der Waals surface area contributed by atoms with Gasteiger partial charge in [0.25, 0.3) is 5.91 Å². The molecule has 8 nitrogen and oxygen atoms in total. The van der Waals surface area contributed by atoms with Crippen molar-refractivity contribution in [2.24, 2.45) is 5.92 Å². The first-order valence-electron chi connectivity index (χ1n) is 11.4. The van der Waals surface area contributed by atoms with E-state index in [1.165, 1.54) is 0 Å². The Kier molecular flexibility index (Phi) is 7.40. The van der Waals surface area contributed by atoms with Crippen molar-refractivity contribution in [2.45, 2.75) is 32.4 Å². The number of hydroxylamine groups is 1. The van der Waals surface area contributed by atoms with Crippen molar-refractivity contribution >= 4 is 22.7 Å². The van der Waals surface area contributed by atoms with Gasteiger partial charge in [-0.1, -0.05) is 18.2 Å². The highest BCUT2D eigenvalue weighted by atomic mass is 16.5. The van der Waals surface area contributed by atoms with E-state index < -0.39 is 5.91 Å². The first-order chi connectivity index (χ1) is 16.4. The SMILES string of the molecule is Cc1cc(COc2ccc(C(=O)N[C@@H]3CN(C)CC[C@H]3CC(=O)NO)cc2)c2ccccc2n1. The summed E-state index contributed by atoms with van der Waals surface area (Å²) in [5, 5.41) is 13.0. The molecule has 0 unspecified atom stereocenters. The zero-order valence-corrected chi connectivity index (χ0v) is 19.5. The van der Waals surface area contributed by atoms with Crippen molar-refractivity contribution in [2.75, 3.05) is 20.1 Å². The minimum Gasteiger partial charge on any atom is -0.489 e. The maximum atomic E-state index is 12.9. The Hall–Kier alpha value is -3.49. The molecule has 2 atom stereocenters. The largest absolute Gasteiger partial charge is 0.489 e. The van der Waals surface area contributed by atoms with Gasteiger partial charge in [-0.2, -0.15) is 0 Å². The molecule has 2 heterocycles. The van der Waals surface area contributed by atoms with E-state index >= 15 is 0 Å². The number of fused-ring (bicyclic) bond motifs is 1. The van der Waals surface area contributed by atoms with Crippen molar-refractivity contribution in [1.82, 2.24) is 20.7 Å². The van der Waals surface area contributed by atoms with Gasteiger partial charge in [0.05, 0.1) is 5.52 Å². The summed E-state index contributed by atoms with van der Waals surface area (Å²) in [5.41, 5.74) is 5.15. The second-order valence-corrected chi connectivity index (χ2v) is 8.88. The van der Waals surface area contributed by atoms with Crippen molar-refractivity contribution < 1.29 is 19.5 Å². The van der Waals surface area contributed by atoms with E-state index in [-0.39, 0.29) is 24.3 Å². The number of pyridine rings is 1. The van der Waals surface area contributed by atoms with Crippen LogP contribution < -0.4 is 15.5 Å². The normalized spacial score (nSPS) is 18.4. The Labute approximate surface area is 198 Å². The number of aromatic nitrogens is 1. The van der Waals surface area contributed by atoms with E-state index in [1.807, 2.05) is 44.3 Å². The third-order valence-corrected chi connectivity index (χ3v) is 6.29. The highest BCUT2D eigenvalue weighted by molar-refractivity contribution is 5.94. The predicted molar refractivity (Wildman–Crippen MR) is 129 cm³/mol. The molecule has 1 aromatic heterocycles. The van der Waals surface area contributed by atoms with Crippen LogP contribution in [0.2, 0.25) is 0 Å². The Bertz CT molecular complexity index is 1170. The first kappa shape index (κ1) is 23.7. The molecule has 0 radical (unpaired) electrons. The molecule has 34 heavy (non-hydrogen) atoms. The highest BCUT2D eigenvalue weighted by Gasteiger charge is 2.30. The topological polar surface area (TPSA) is 104 Å². The van der Waals surface area contributed by atoms with Crippen LogP contribution in [-0.4, -0.2) is 53.1 Å². The predicted octanol–water partition coefficient (Wildman–Crippen LogP) is 3.07. The maximum Gasteiger partial charge on any atom is 0.251 e. The van der Waals surface area contributed by atoms with E-state index in [4.69, 9.17) is 9.94 Å². The van der Waals surface area contributed by atoms with Crippen LogP contribution in [0, 0.1) is 12.8 Å². The molecule has 0 bridgehead atoms. The molecule has 0 saturated carbocycles. The van der Waals surface area contributed by atoms with Crippen molar-refractivity contribution in [3.8, 4) is 5.75 Å². The molecule has 1 saturated heterocycles. The number of hydrogen-bond acceptors (Lipinski definition) is 6. The molecule has 1 aliphatic rings. The molecule has 1 fully saturated rings. The van der Waals surface area contributed by atoms with Crippen LogP contribution in [0.25, 0.3) is 10.9 Å². The Morgan fingerprint density at radius 2 is 1.94 bits per heavy atom. The van der Waals surface area contributed by atoms with E-state index in [0.29, 0.717) is 24.5 Å². The maximum absolute atomic E-state index is 12.9. The van der Waals surface area contributed by atoms with Crippen molar-refractivity contribution in [1.29, 1.82) is 0 Å². The van der Waals surface area contributed by atoms with Crippen molar-refractivity contribution in [3.63, 3.8) is 0 Å². The molecule has 3 aromatic rings. The van der Waals surface area contributed by atoms with E-state index in [1.54, 1.807) is 29.7 Å². The minimum atomic E-state index is -0.438. The molecule has 0 aliphatic carbocycles. The number of ether oxygens (including phenoxy) is 1. The standard InChI is InChI=1S/C26H30N4O4/c1-17-13-20(22-5-3-4-6-23(22)27-17)16-34-21-9-7-18(8-10-21)26(32)28-24-15-30(2)12-11-19(24)14-25(31)29-33/h3-10,13,19,24,33H,11-12,14-16H2,1-2H3,(H,28,32)(H,29,31)/t19-,24+/m0/s1. The van der Waals surface area contributed by atoms with Crippen LogP contribution in [-0.2, 0) is 11.4 Å². The molecule has 0 spiro atoms. The number of likely N-dealkylation sites (tertiary alicyclic amines) is 1. The molecular formula is C26H30N4O4. The second kappa shape index (κ2) is 10.6. The third kappa shape index (κ3) is 5.70. The van der Waals surface area contributed by atoms with Crippen LogP contribution >= 0.6 is 0 Å². The van der Waals surface area contributed by atoms with Gasteiger partial charge in [-0.25, -0.2) is 5.48 Å². The van der Waals surface area contributed by atoms with Gasteiger partial charge in [0.2, 0.25) is 5.91 Å². The van der Waals surface area contributed by atoms with Crippen molar-refractivity contribution in [3.05, 3.63) is 71.4 Å². The van der Waals surface area contributed by atoms with Crippen LogP contribution in [0.4, 0.5) is 0 Å². The van der Waals surface area contributed by atoms with E-state index in [9.17, 15) is 9.59 Å². The number of likely N-dealkylation sites (N-methyl/N-ethyl adjacent to an activating group) is 1. The number of benzene rings is 2. The zero-order valence-electron chi connectivity index (χ0n) is 19.5. The van der Waals surface area contributed by atoms with Crippen LogP contribution in [0.15, 0.2) is 54.6 Å². The Morgan fingerprint density at radius 3 is 2.71 bits per heavy atom. The molecular weight excluding hydrogens is 432 g/mol. The van der Waals surface area contributed by atoms with Gasteiger partial charge in [0, 0.05) is 41.2 Å². The molecule has 2 aromatic carbocycles. The number of hydrogen-bond donors (Lipinski definition) is 3. The Balaban J connectivity index is 1.39. The third-order valence-electron chi connectivity index (χ3n) is 6.29. The zero-order chi connectivity index (χ0) is 24.1. The quantitative estimate of drug-likeness (QED) is 0.368. The summed E-state index contributed by atoms with van der Waals surface area (Å²) in [6, 6.07) is 16.9. The lowest BCUT2D eigenvalue weighted by molar-refractivity contribution is -0.130. The minimum absolute atomic E-state index is 0.0338. The van der Waals surface area contributed by atoms with Gasteiger partial charge >= 0.3 is 0 Å². The fourth-order valence-corrected chi connectivity index (χ4v) is 4.48. The summed E-state index contributed by atoms with van der Waals surface area (Å²) in [4.78, 5) is 31.2. The summed E-state index contributed by atoms with van der Waals surface area (Å²) in [5.74, 6) is 0.00280. The number of carbonyl (C=O) groups excluding carboxylic acids is 2. The summed E-state index contributed by atoms with van der Waals surface area (Å²) in [7, 11) is 1.99. The van der Waals surface area contributed by atoms with Gasteiger partial charge in [-0.3, -0.25) is 19.8 Å². The monoisotopic (exact) mass is 462 g/mol. The number of rotatable bonds is 7. The molecule has 3 N–H and O–H groups in total. The average molecular weight is 463 g/mol. The molecule has 178 valence electrons. The van der Waals surface area contributed by atoms with Gasteiger partial charge in [-0.05, 0) is 69.3 Å².